The van der Waals surface area contributed by atoms with Crippen molar-refractivity contribution in [2.24, 2.45) is 0 Å². The van der Waals surface area contributed by atoms with Gasteiger partial charge < -0.3 is 0 Å². The SMILES string of the molecule is CC1=C(C#N)C(=O)N(Cc2ccc(C)cc2)C(=O)/C1=C/c1cn(-c2ccccc2)nc1-c1cccc(S(=O)(=O)N(C)C)c1. The van der Waals surface area contributed by atoms with Crippen molar-refractivity contribution in [1.82, 2.24) is 19.0 Å². The van der Waals surface area contributed by atoms with Crippen LogP contribution in [0.3, 0.4) is 0 Å². The van der Waals surface area contributed by atoms with Gasteiger partial charge in [0.1, 0.15) is 17.3 Å². The van der Waals surface area contributed by atoms with Crippen molar-refractivity contribution >= 4 is 27.9 Å². The summed E-state index contributed by atoms with van der Waals surface area (Å²) in [6.45, 7) is 3.53. The van der Waals surface area contributed by atoms with Crippen molar-refractivity contribution in [1.29, 1.82) is 5.26 Å². The molecule has 4 aromatic rings. The first-order chi connectivity index (χ1) is 20.5. The van der Waals surface area contributed by atoms with E-state index in [4.69, 9.17) is 5.10 Å². The molecule has 0 fully saturated rings. The number of carbonyl (C=O) groups is 2. The first-order valence-corrected chi connectivity index (χ1v) is 14.9. The minimum absolute atomic E-state index is 0.00826. The predicted molar refractivity (Wildman–Crippen MR) is 163 cm³/mol. The Morgan fingerprint density at radius 1 is 0.930 bits per heavy atom. The van der Waals surface area contributed by atoms with E-state index in [1.54, 1.807) is 36.0 Å². The molecule has 1 aliphatic heterocycles. The van der Waals surface area contributed by atoms with Crippen LogP contribution in [0.15, 0.2) is 107 Å². The molecule has 1 aromatic heterocycles. The van der Waals surface area contributed by atoms with Crippen molar-refractivity contribution in [3.05, 3.63) is 118 Å². The summed E-state index contributed by atoms with van der Waals surface area (Å²) in [7, 11) is -0.804. The zero-order valence-corrected chi connectivity index (χ0v) is 25.0. The second kappa shape index (κ2) is 11.6. The van der Waals surface area contributed by atoms with Gasteiger partial charge in [0.25, 0.3) is 11.8 Å². The summed E-state index contributed by atoms with van der Waals surface area (Å²) in [5.41, 5.74) is 4.31. The van der Waals surface area contributed by atoms with Gasteiger partial charge in [0.15, 0.2) is 0 Å². The first kappa shape index (κ1) is 29.4. The molecular formula is C33H29N5O4S. The number of benzene rings is 3. The number of hydrogen-bond donors (Lipinski definition) is 0. The molecule has 0 saturated heterocycles. The van der Waals surface area contributed by atoms with Crippen LogP contribution in [0.2, 0.25) is 0 Å². The van der Waals surface area contributed by atoms with E-state index in [2.05, 4.69) is 0 Å². The fraction of sp³-hybridized carbons (Fsp3) is 0.152. The molecule has 0 aliphatic carbocycles. The highest BCUT2D eigenvalue weighted by atomic mass is 32.2. The Hall–Kier alpha value is -5.11. The van der Waals surface area contributed by atoms with Gasteiger partial charge >= 0.3 is 0 Å². The molecule has 1 aliphatic rings. The molecule has 43 heavy (non-hydrogen) atoms. The Kier molecular flexibility index (Phi) is 7.96. The van der Waals surface area contributed by atoms with Crippen molar-refractivity contribution in [2.75, 3.05) is 14.1 Å². The number of nitrogens with zero attached hydrogens (tertiary/aromatic N) is 5. The average Bonchev–Trinajstić information content (AvgIpc) is 3.43. The van der Waals surface area contributed by atoms with Gasteiger partial charge in [-0.25, -0.2) is 17.4 Å². The maximum atomic E-state index is 13.8. The van der Waals surface area contributed by atoms with Gasteiger partial charge in [-0.05, 0) is 55.3 Å². The minimum Gasteiger partial charge on any atom is -0.269 e. The molecule has 2 amide bonds. The van der Waals surface area contributed by atoms with E-state index >= 15 is 0 Å². The summed E-state index contributed by atoms with van der Waals surface area (Å²) in [6.07, 6.45) is 3.34. The lowest BCUT2D eigenvalue weighted by molar-refractivity contribution is -0.141. The number of nitriles is 1. The summed E-state index contributed by atoms with van der Waals surface area (Å²) in [5.74, 6) is -1.19. The van der Waals surface area contributed by atoms with Gasteiger partial charge in [-0.15, -0.1) is 0 Å². The third kappa shape index (κ3) is 5.68. The van der Waals surface area contributed by atoms with E-state index in [-0.39, 0.29) is 28.2 Å². The molecule has 0 N–H and O–H groups in total. The van der Waals surface area contributed by atoms with E-state index in [0.29, 0.717) is 16.8 Å². The van der Waals surface area contributed by atoms with E-state index < -0.39 is 21.8 Å². The smallest absolute Gasteiger partial charge is 0.269 e. The minimum atomic E-state index is -3.73. The normalized spacial score (nSPS) is 15.0. The van der Waals surface area contributed by atoms with E-state index in [0.717, 1.165) is 26.0 Å². The molecule has 10 heteroatoms. The summed E-state index contributed by atoms with van der Waals surface area (Å²) < 4.78 is 28.6. The van der Waals surface area contributed by atoms with Crippen LogP contribution in [0.4, 0.5) is 0 Å². The molecule has 2 heterocycles. The summed E-state index contributed by atoms with van der Waals surface area (Å²) >= 11 is 0. The van der Waals surface area contributed by atoms with E-state index in [1.165, 1.54) is 26.2 Å². The lowest BCUT2D eigenvalue weighted by Crippen LogP contribution is -2.42. The average molecular weight is 592 g/mol. The molecule has 5 rings (SSSR count). The Balaban J connectivity index is 1.68. The molecule has 0 spiro atoms. The summed E-state index contributed by atoms with van der Waals surface area (Å²) in [5, 5.41) is 14.7. The number of sulfonamides is 1. The molecule has 0 radical (unpaired) electrons. The molecule has 0 unspecified atom stereocenters. The van der Waals surface area contributed by atoms with Gasteiger partial charge in [0, 0.05) is 37.0 Å². The van der Waals surface area contributed by atoms with Crippen LogP contribution in [0.1, 0.15) is 23.6 Å². The highest BCUT2D eigenvalue weighted by molar-refractivity contribution is 7.89. The number of aromatic nitrogens is 2. The quantitative estimate of drug-likeness (QED) is 0.223. The first-order valence-electron chi connectivity index (χ1n) is 13.4. The second-order valence-corrected chi connectivity index (χ2v) is 12.5. The zero-order chi connectivity index (χ0) is 30.9. The third-order valence-corrected chi connectivity index (χ3v) is 9.05. The van der Waals surface area contributed by atoms with Crippen LogP contribution < -0.4 is 0 Å². The Morgan fingerprint density at radius 3 is 2.28 bits per heavy atom. The standard InChI is InChI=1S/C33H29N5O4S/c1-22-13-15-24(16-14-22)20-37-32(39)29(23(2)30(19-34)33(37)40)18-26-21-38(27-10-6-5-7-11-27)35-31(26)25-9-8-12-28(17-25)43(41,42)36(3)4/h5-18,21H,20H2,1-4H3/b29-18+. The van der Waals surface area contributed by atoms with Crippen molar-refractivity contribution in [3.63, 3.8) is 0 Å². The van der Waals surface area contributed by atoms with Gasteiger partial charge in [-0.1, -0.05) is 60.2 Å². The van der Waals surface area contributed by atoms with Crippen molar-refractivity contribution in [2.45, 2.75) is 25.3 Å². The van der Waals surface area contributed by atoms with Crippen LogP contribution >= 0.6 is 0 Å². The maximum Gasteiger partial charge on any atom is 0.271 e. The fourth-order valence-corrected chi connectivity index (χ4v) is 5.70. The Labute approximate surface area is 250 Å². The molecule has 3 aromatic carbocycles. The second-order valence-electron chi connectivity index (χ2n) is 10.4. The van der Waals surface area contributed by atoms with Crippen LogP contribution in [0.25, 0.3) is 23.0 Å². The van der Waals surface area contributed by atoms with Crippen molar-refractivity contribution < 1.29 is 18.0 Å². The van der Waals surface area contributed by atoms with Gasteiger partial charge in [-0.2, -0.15) is 10.4 Å². The summed E-state index contributed by atoms with van der Waals surface area (Å²) in [4.78, 5) is 28.2. The van der Waals surface area contributed by atoms with E-state index in [9.17, 15) is 23.3 Å². The van der Waals surface area contributed by atoms with Gasteiger partial charge in [0.05, 0.1) is 17.1 Å². The van der Waals surface area contributed by atoms with Crippen LogP contribution in [0.5, 0.6) is 0 Å². The van der Waals surface area contributed by atoms with Crippen molar-refractivity contribution in [3.8, 4) is 23.0 Å². The van der Waals surface area contributed by atoms with Crippen LogP contribution in [-0.2, 0) is 26.2 Å². The monoisotopic (exact) mass is 591 g/mol. The Bertz CT molecular complexity index is 1950. The number of imide groups is 1. The lowest BCUT2D eigenvalue weighted by Gasteiger charge is -2.27. The molecule has 0 bridgehead atoms. The zero-order valence-electron chi connectivity index (χ0n) is 24.1. The number of aryl methyl sites for hydroxylation is 1. The molecular weight excluding hydrogens is 562 g/mol. The highest BCUT2D eigenvalue weighted by Crippen LogP contribution is 2.32. The number of rotatable bonds is 7. The van der Waals surface area contributed by atoms with E-state index in [1.807, 2.05) is 67.6 Å². The maximum absolute atomic E-state index is 13.8. The third-order valence-electron chi connectivity index (χ3n) is 7.24. The predicted octanol–water partition coefficient (Wildman–Crippen LogP) is 4.89. The highest BCUT2D eigenvalue weighted by Gasteiger charge is 2.36. The van der Waals surface area contributed by atoms with Gasteiger partial charge in [-0.3, -0.25) is 14.5 Å². The number of amides is 2. The van der Waals surface area contributed by atoms with Crippen LogP contribution in [0, 0.1) is 18.3 Å². The topological polar surface area (TPSA) is 116 Å². The lowest BCUT2D eigenvalue weighted by atomic mass is 9.93. The van der Waals surface area contributed by atoms with Gasteiger partial charge in [0.2, 0.25) is 10.0 Å². The number of carbonyl (C=O) groups excluding carboxylic acids is 2. The van der Waals surface area contributed by atoms with Crippen LogP contribution in [-0.4, -0.2) is 53.3 Å². The molecule has 0 saturated carbocycles. The molecule has 9 nitrogen and oxygen atoms in total. The molecule has 0 atom stereocenters. The molecule has 216 valence electrons. The fourth-order valence-electron chi connectivity index (χ4n) is 4.75. The summed E-state index contributed by atoms with van der Waals surface area (Å²) in [6, 6.07) is 25.2. The largest absolute Gasteiger partial charge is 0.271 e. The number of para-hydroxylation sites is 1. The Morgan fingerprint density at radius 2 is 1.63 bits per heavy atom. The number of hydrogen-bond acceptors (Lipinski definition) is 6.